The Morgan fingerprint density at radius 1 is 0.560 bits per heavy atom. The number of benzene rings is 3. The van der Waals surface area contributed by atoms with E-state index >= 15 is 0 Å². The molecular formula is C23H18N2. The van der Waals surface area contributed by atoms with Crippen LogP contribution in [0.2, 0.25) is 0 Å². The van der Waals surface area contributed by atoms with Gasteiger partial charge in [0.05, 0.1) is 0 Å². The van der Waals surface area contributed by atoms with Crippen LogP contribution in [0.25, 0.3) is 11.1 Å². The van der Waals surface area contributed by atoms with Crippen LogP contribution in [0.3, 0.4) is 0 Å². The van der Waals surface area contributed by atoms with Crippen LogP contribution >= 0.6 is 0 Å². The van der Waals surface area contributed by atoms with Gasteiger partial charge in [0.1, 0.15) is 5.82 Å². The minimum Gasteiger partial charge on any atom is -0.345 e. The van der Waals surface area contributed by atoms with Crippen molar-refractivity contribution in [3.63, 3.8) is 0 Å². The summed E-state index contributed by atoms with van der Waals surface area (Å²) in [6, 6.07) is 31.4. The highest BCUT2D eigenvalue weighted by molar-refractivity contribution is 6.03. The predicted octanol–water partition coefficient (Wildman–Crippen LogP) is 5.42. The molecular weight excluding hydrogens is 304 g/mol. The molecule has 4 aromatic rings. The maximum atomic E-state index is 4.55. The van der Waals surface area contributed by atoms with E-state index in [1.165, 1.54) is 16.7 Å². The molecule has 2 nitrogen and oxygen atoms in total. The van der Waals surface area contributed by atoms with Crippen molar-refractivity contribution in [3.8, 4) is 0 Å². The quantitative estimate of drug-likeness (QED) is 0.500. The lowest BCUT2D eigenvalue weighted by Crippen LogP contribution is -1.98. The van der Waals surface area contributed by atoms with Crippen LogP contribution in [0.4, 0.5) is 0 Å². The molecule has 0 aliphatic rings. The Morgan fingerprint density at radius 3 is 1.40 bits per heavy atom. The fourth-order valence-corrected chi connectivity index (χ4v) is 3.07. The summed E-state index contributed by atoms with van der Waals surface area (Å²) in [5.41, 5.74) is 5.75. The third kappa shape index (κ3) is 3.15. The summed E-state index contributed by atoms with van der Waals surface area (Å²) in [7, 11) is 0. The summed E-state index contributed by atoms with van der Waals surface area (Å²) in [4.78, 5) is 7.84. The highest BCUT2D eigenvalue weighted by Crippen LogP contribution is 2.35. The normalized spacial score (nSPS) is 10.4. The molecule has 1 heterocycles. The number of hydrogen-bond acceptors (Lipinski definition) is 1. The lowest BCUT2D eigenvalue weighted by Gasteiger charge is -2.16. The van der Waals surface area contributed by atoms with Crippen LogP contribution in [0.5, 0.6) is 0 Å². The number of aromatic amines is 1. The Labute approximate surface area is 147 Å². The number of aromatic nitrogens is 2. The SMILES string of the molecule is c1ccc(C(=C(c2ccccc2)c2ncc[nH]2)c2ccccc2)cc1. The number of hydrogen-bond donors (Lipinski definition) is 1. The molecule has 1 N–H and O–H groups in total. The van der Waals surface area contributed by atoms with Crippen molar-refractivity contribution >= 4 is 11.1 Å². The zero-order valence-electron chi connectivity index (χ0n) is 13.8. The minimum absolute atomic E-state index is 0.869. The molecule has 120 valence electrons. The first-order valence-corrected chi connectivity index (χ1v) is 8.34. The lowest BCUT2D eigenvalue weighted by molar-refractivity contribution is 1.23. The number of nitrogens with one attached hydrogen (secondary N) is 1. The highest BCUT2D eigenvalue weighted by Gasteiger charge is 2.17. The number of H-pyrrole nitrogens is 1. The van der Waals surface area contributed by atoms with E-state index in [1.807, 2.05) is 24.4 Å². The van der Waals surface area contributed by atoms with Gasteiger partial charge in [-0.25, -0.2) is 4.98 Å². The van der Waals surface area contributed by atoms with Gasteiger partial charge in [-0.1, -0.05) is 91.0 Å². The molecule has 0 spiro atoms. The number of nitrogens with zero attached hydrogens (tertiary/aromatic N) is 1. The van der Waals surface area contributed by atoms with Gasteiger partial charge in [0.15, 0.2) is 0 Å². The van der Waals surface area contributed by atoms with Crippen LogP contribution in [-0.4, -0.2) is 9.97 Å². The Bertz CT molecular complexity index is 913. The van der Waals surface area contributed by atoms with Crippen molar-refractivity contribution in [1.82, 2.24) is 9.97 Å². The van der Waals surface area contributed by atoms with Crippen molar-refractivity contribution in [2.75, 3.05) is 0 Å². The monoisotopic (exact) mass is 322 g/mol. The lowest BCUT2D eigenvalue weighted by atomic mass is 9.89. The summed E-state index contributed by atoms with van der Waals surface area (Å²) >= 11 is 0. The molecule has 0 aliphatic carbocycles. The van der Waals surface area contributed by atoms with Crippen LogP contribution in [-0.2, 0) is 0 Å². The first-order valence-electron chi connectivity index (χ1n) is 8.34. The van der Waals surface area contributed by atoms with E-state index in [1.54, 1.807) is 6.20 Å². The zero-order chi connectivity index (χ0) is 16.9. The van der Waals surface area contributed by atoms with E-state index in [9.17, 15) is 0 Å². The second-order valence-electron chi connectivity index (χ2n) is 5.79. The fourth-order valence-electron chi connectivity index (χ4n) is 3.07. The molecule has 0 bridgehead atoms. The van der Waals surface area contributed by atoms with Crippen molar-refractivity contribution in [1.29, 1.82) is 0 Å². The predicted molar refractivity (Wildman–Crippen MR) is 103 cm³/mol. The highest BCUT2D eigenvalue weighted by atomic mass is 14.9. The molecule has 0 unspecified atom stereocenters. The molecule has 0 amide bonds. The van der Waals surface area contributed by atoms with Crippen molar-refractivity contribution in [2.45, 2.75) is 0 Å². The van der Waals surface area contributed by atoms with Gasteiger partial charge in [-0.3, -0.25) is 0 Å². The average Bonchev–Trinajstić information content (AvgIpc) is 3.22. The summed E-state index contributed by atoms with van der Waals surface area (Å²) in [5.74, 6) is 0.869. The molecule has 0 saturated heterocycles. The minimum atomic E-state index is 0.869. The summed E-state index contributed by atoms with van der Waals surface area (Å²) in [5, 5.41) is 0. The smallest absolute Gasteiger partial charge is 0.138 e. The van der Waals surface area contributed by atoms with E-state index in [2.05, 4.69) is 82.8 Å². The van der Waals surface area contributed by atoms with E-state index in [0.29, 0.717) is 0 Å². The summed E-state index contributed by atoms with van der Waals surface area (Å²) in [6.07, 6.45) is 3.66. The molecule has 0 saturated carbocycles. The van der Waals surface area contributed by atoms with Gasteiger partial charge in [-0.2, -0.15) is 0 Å². The van der Waals surface area contributed by atoms with Gasteiger partial charge < -0.3 is 4.98 Å². The van der Waals surface area contributed by atoms with Crippen molar-refractivity contribution < 1.29 is 0 Å². The zero-order valence-corrected chi connectivity index (χ0v) is 13.8. The van der Waals surface area contributed by atoms with Crippen molar-refractivity contribution in [3.05, 3.63) is 126 Å². The largest absolute Gasteiger partial charge is 0.345 e. The van der Waals surface area contributed by atoms with Gasteiger partial charge in [0, 0.05) is 23.5 Å². The topological polar surface area (TPSA) is 28.7 Å². The van der Waals surface area contributed by atoms with Gasteiger partial charge in [-0.05, 0) is 16.7 Å². The van der Waals surface area contributed by atoms with Gasteiger partial charge >= 0.3 is 0 Å². The first kappa shape index (κ1) is 15.2. The average molecular weight is 322 g/mol. The van der Waals surface area contributed by atoms with Crippen LogP contribution in [0, 0.1) is 0 Å². The summed E-state index contributed by atoms with van der Waals surface area (Å²) < 4.78 is 0. The van der Waals surface area contributed by atoms with Crippen molar-refractivity contribution in [2.24, 2.45) is 0 Å². The third-order valence-electron chi connectivity index (χ3n) is 4.17. The van der Waals surface area contributed by atoms with E-state index in [0.717, 1.165) is 17.0 Å². The second kappa shape index (κ2) is 7.02. The van der Waals surface area contributed by atoms with Gasteiger partial charge in [0.25, 0.3) is 0 Å². The van der Waals surface area contributed by atoms with Crippen LogP contribution in [0.15, 0.2) is 103 Å². The second-order valence-corrected chi connectivity index (χ2v) is 5.79. The maximum Gasteiger partial charge on any atom is 0.138 e. The molecule has 0 fully saturated rings. The fraction of sp³-hybridized carbons (Fsp3) is 0. The van der Waals surface area contributed by atoms with Crippen LogP contribution in [0.1, 0.15) is 22.5 Å². The molecule has 3 aromatic carbocycles. The van der Waals surface area contributed by atoms with E-state index in [-0.39, 0.29) is 0 Å². The molecule has 4 rings (SSSR count). The Kier molecular flexibility index (Phi) is 4.25. The Balaban J connectivity index is 2.08. The van der Waals surface area contributed by atoms with Gasteiger partial charge in [-0.15, -0.1) is 0 Å². The molecule has 0 atom stereocenters. The first-order chi connectivity index (χ1) is 12.4. The molecule has 1 aromatic heterocycles. The Hall–Kier alpha value is -3.39. The molecule has 0 aliphatic heterocycles. The van der Waals surface area contributed by atoms with Gasteiger partial charge in [0.2, 0.25) is 0 Å². The summed E-state index contributed by atoms with van der Waals surface area (Å²) in [6.45, 7) is 0. The van der Waals surface area contributed by atoms with E-state index in [4.69, 9.17) is 0 Å². The van der Waals surface area contributed by atoms with E-state index < -0.39 is 0 Å². The Morgan fingerprint density at radius 2 is 1.00 bits per heavy atom. The molecule has 25 heavy (non-hydrogen) atoms. The molecule has 0 radical (unpaired) electrons. The standard InChI is InChI=1S/C23H18N2/c1-4-10-18(11-5-1)21(19-12-6-2-7-13-19)22(23-24-16-17-25-23)20-14-8-3-9-15-20/h1-17H,(H,24,25). The van der Waals surface area contributed by atoms with Crippen LogP contribution < -0.4 is 0 Å². The third-order valence-corrected chi connectivity index (χ3v) is 4.17. The molecule has 2 heteroatoms. The maximum absolute atomic E-state index is 4.55. The number of rotatable bonds is 4. The number of imidazole rings is 1.